The summed E-state index contributed by atoms with van der Waals surface area (Å²) in [7, 11) is -7.55. The Bertz CT molecular complexity index is 1140. The molecule has 0 spiro atoms. The Morgan fingerprint density at radius 3 is 1.21 bits per heavy atom. The van der Waals surface area contributed by atoms with Crippen LogP contribution in [0, 0.1) is 0 Å². The number of carbonyl (C=O) groups excluding carboxylic acids is 2. The first-order valence-electron chi connectivity index (χ1n) is 10.7. The Labute approximate surface area is 200 Å². The minimum absolute atomic E-state index is 0.0375. The van der Waals surface area contributed by atoms with Gasteiger partial charge >= 0.3 is 0 Å². The zero-order valence-electron chi connectivity index (χ0n) is 19.0. The van der Waals surface area contributed by atoms with Crippen LogP contribution in [-0.2, 0) is 42.7 Å². The van der Waals surface area contributed by atoms with Gasteiger partial charge in [0.25, 0.3) is 0 Å². The maximum absolute atomic E-state index is 13.0. The lowest BCUT2D eigenvalue weighted by Crippen LogP contribution is -2.50. The highest BCUT2D eigenvalue weighted by Gasteiger charge is 2.33. The van der Waals surface area contributed by atoms with Gasteiger partial charge in [-0.2, -0.15) is 8.61 Å². The average Bonchev–Trinajstić information content (AvgIpc) is 2.82. The molecule has 2 aromatic rings. The predicted octanol–water partition coefficient (Wildman–Crippen LogP) is 0.654. The Morgan fingerprint density at radius 2 is 0.941 bits per heavy atom. The zero-order chi connectivity index (χ0) is 24.9. The van der Waals surface area contributed by atoms with Gasteiger partial charge in [0.15, 0.2) is 0 Å². The van der Waals surface area contributed by atoms with Crippen LogP contribution in [0.4, 0.5) is 0 Å². The van der Waals surface area contributed by atoms with Crippen LogP contribution in [0.3, 0.4) is 0 Å². The molecule has 3 rings (SSSR count). The van der Waals surface area contributed by atoms with Crippen molar-refractivity contribution in [2.45, 2.75) is 36.7 Å². The maximum Gasteiger partial charge on any atom is 0.243 e. The van der Waals surface area contributed by atoms with Crippen molar-refractivity contribution in [3.63, 3.8) is 0 Å². The van der Waals surface area contributed by atoms with Crippen molar-refractivity contribution >= 4 is 31.9 Å². The van der Waals surface area contributed by atoms with Crippen LogP contribution in [0.25, 0.3) is 0 Å². The molecule has 1 saturated heterocycles. The SMILES string of the molecule is CC(=O)NCc1ccc(S(=O)(=O)N2CCN(S(=O)(=O)c3ccc(CNC(C)=O)cc3)CC2)cc1. The van der Waals surface area contributed by atoms with Gasteiger partial charge in [0, 0.05) is 53.1 Å². The minimum Gasteiger partial charge on any atom is -0.352 e. The first-order chi connectivity index (χ1) is 16.0. The van der Waals surface area contributed by atoms with Gasteiger partial charge in [0.2, 0.25) is 31.9 Å². The first kappa shape index (κ1) is 25.8. The summed E-state index contributed by atoms with van der Waals surface area (Å²) in [6.07, 6.45) is 0. The summed E-state index contributed by atoms with van der Waals surface area (Å²) in [4.78, 5) is 22.3. The molecule has 0 aromatic heterocycles. The summed E-state index contributed by atoms with van der Waals surface area (Å²) < 4.78 is 54.5. The van der Waals surface area contributed by atoms with Crippen LogP contribution in [0.2, 0.25) is 0 Å². The van der Waals surface area contributed by atoms with E-state index in [4.69, 9.17) is 0 Å². The fraction of sp³-hybridized carbons (Fsp3) is 0.364. The van der Waals surface area contributed by atoms with Crippen LogP contribution in [0.15, 0.2) is 58.3 Å². The summed E-state index contributed by atoms with van der Waals surface area (Å²) in [6.45, 7) is 3.57. The second kappa shape index (κ2) is 10.6. The first-order valence-corrected chi connectivity index (χ1v) is 13.6. The molecule has 0 atom stereocenters. The largest absolute Gasteiger partial charge is 0.352 e. The number of sulfonamides is 2. The summed E-state index contributed by atoms with van der Waals surface area (Å²) >= 11 is 0. The molecule has 1 heterocycles. The number of nitrogens with zero attached hydrogens (tertiary/aromatic N) is 2. The summed E-state index contributed by atoms with van der Waals surface area (Å²) in [5.41, 5.74) is 1.54. The van der Waals surface area contributed by atoms with Crippen LogP contribution in [-0.4, -0.2) is 63.4 Å². The van der Waals surface area contributed by atoms with E-state index >= 15 is 0 Å². The Kier molecular flexibility index (Phi) is 8.08. The molecular formula is C22H28N4O6S2. The topological polar surface area (TPSA) is 133 Å². The molecule has 1 fully saturated rings. The lowest BCUT2D eigenvalue weighted by Gasteiger charge is -2.33. The van der Waals surface area contributed by atoms with E-state index in [2.05, 4.69) is 10.6 Å². The van der Waals surface area contributed by atoms with E-state index in [-0.39, 0.29) is 47.8 Å². The van der Waals surface area contributed by atoms with Gasteiger partial charge in [-0.05, 0) is 35.4 Å². The number of carbonyl (C=O) groups is 2. The molecule has 2 aromatic carbocycles. The zero-order valence-corrected chi connectivity index (χ0v) is 20.7. The quantitative estimate of drug-likeness (QED) is 0.538. The number of rotatable bonds is 8. The van der Waals surface area contributed by atoms with Gasteiger partial charge in [0.1, 0.15) is 0 Å². The number of nitrogens with one attached hydrogen (secondary N) is 2. The predicted molar refractivity (Wildman–Crippen MR) is 125 cm³/mol. The molecule has 12 heteroatoms. The van der Waals surface area contributed by atoms with Crippen molar-refractivity contribution in [2.24, 2.45) is 0 Å². The van der Waals surface area contributed by atoms with Crippen molar-refractivity contribution in [1.82, 2.24) is 19.2 Å². The molecular weight excluding hydrogens is 480 g/mol. The van der Waals surface area contributed by atoms with E-state index in [9.17, 15) is 26.4 Å². The van der Waals surface area contributed by atoms with Crippen molar-refractivity contribution in [1.29, 1.82) is 0 Å². The van der Waals surface area contributed by atoms with Crippen molar-refractivity contribution < 1.29 is 26.4 Å². The average molecular weight is 509 g/mol. The van der Waals surface area contributed by atoms with Gasteiger partial charge in [-0.25, -0.2) is 16.8 Å². The van der Waals surface area contributed by atoms with Gasteiger partial charge in [-0.3, -0.25) is 9.59 Å². The van der Waals surface area contributed by atoms with Gasteiger partial charge in [-0.1, -0.05) is 24.3 Å². The van der Waals surface area contributed by atoms with E-state index in [1.54, 1.807) is 24.3 Å². The molecule has 0 bridgehead atoms. The minimum atomic E-state index is -3.77. The molecule has 0 radical (unpaired) electrons. The van der Waals surface area contributed by atoms with E-state index in [0.29, 0.717) is 13.1 Å². The molecule has 1 aliphatic heterocycles. The normalized spacial score (nSPS) is 15.6. The van der Waals surface area contributed by atoms with Gasteiger partial charge < -0.3 is 10.6 Å². The smallest absolute Gasteiger partial charge is 0.243 e. The molecule has 2 amide bonds. The number of hydrogen-bond donors (Lipinski definition) is 2. The third kappa shape index (κ3) is 6.20. The molecule has 1 aliphatic rings. The molecule has 0 saturated carbocycles. The lowest BCUT2D eigenvalue weighted by atomic mass is 10.2. The van der Waals surface area contributed by atoms with Crippen LogP contribution >= 0.6 is 0 Å². The fourth-order valence-corrected chi connectivity index (χ4v) is 6.30. The van der Waals surface area contributed by atoms with E-state index in [1.807, 2.05) is 0 Å². The van der Waals surface area contributed by atoms with Crippen LogP contribution in [0.5, 0.6) is 0 Å². The van der Waals surface area contributed by atoms with Gasteiger partial charge in [0.05, 0.1) is 9.79 Å². The number of benzene rings is 2. The maximum atomic E-state index is 13.0. The summed E-state index contributed by atoms with van der Waals surface area (Å²) in [6, 6.07) is 12.5. The van der Waals surface area contributed by atoms with E-state index in [0.717, 1.165) is 11.1 Å². The fourth-order valence-electron chi connectivity index (χ4n) is 3.46. The Hall–Kier alpha value is -2.80. The van der Waals surface area contributed by atoms with E-state index < -0.39 is 20.0 Å². The Morgan fingerprint density at radius 1 is 0.647 bits per heavy atom. The molecule has 184 valence electrons. The highest BCUT2D eigenvalue weighted by Crippen LogP contribution is 2.22. The lowest BCUT2D eigenvalue weighted by molar-refractivity contribution is -0.120. The third-order valence-electron chi connectivity index (χ3n) is 5.40. The van der Waals surface area contributed by atoms with Gasteiger partial charge in [-0.15, -0.1) is 0 Å². The monoisotopic (exact) mass is 508 g/mol. The third-order valence-corrected chi connectivity index (χ3v) is 9.23. The molecule has 0 aliphatic carbocycles. The van der Waals surface area contributed by atoms with Crippen molar-refractivity contribution in [3.8, 4) is 0 Å². The highest BCUT2D eigenvalue weighted by atomic mass is 32.2. The standard InChI is InChI=1S/C22H28N4O6S2/c1-17(27)23-15-19-3-7-21(8-4-19)33(29,30)25-11-13-26(14-12-25)34(31,32)22-9-5-20(6-10-22)16-24-18(2)28/h3-10H,11-16H2,1-2H3,(H,23,27)(H,24,28). The number of hydrogen-bond acceptors (Lipinski definition) is 6. The highest BCUT2D eigenvalue weighted by molar-refractivity contribution is 7.89. The molecule has 34 heavy (non-hydrogen) atoms. The summed E-state index contributed by atoms with van der Waals surface area (Å²) in [5, 5.41) is 5.30. The molecule has 2 N–H and O–H groups in total. The van der Waals surface area contributed by atoms with Crippen LogP contribution < -0.4 is 10.6 Å². The van der Waals surface area contributed by atoms with Crippen LogP contribution in [0.1, 0.15) is 25.0 Å². The molecule has 0 unspecified atom stereocenters. The second-order valence-electron chi connectivity index (χ2n) is 7.92. The summed E-state index contributed by atoms with van der Waals surface area (Å²) in [5.74, 6) is -0.351. The Balaban J connectivity index is 1.63. The van der Waals surface area contributed by atoms with Crippen molar-refractivity contribution in [3.05, 3.63) is 59.7 Å². The second-order valence-corrected chi connectivity index (χ2v) is 11.8. The number of amides is 2. The molecule has 10 nitrogen and oxygen atoms in total. The number of piperazine rings is 1. The van der Waals surface area contributed by atoms with E-state index in [1.165, 1.54) is 46.7 Å². The van der Waals surface area contributed by atoms with Crippen molar-refractivity contribution in [2.75, 3.05) is 26.2 Å².